The highest BCUT2D eigenvalue weighted by atomic mass is 32.1. The fourth-order valence-corrected chi connectivity index (χ4v) is 1.64. The third-order valence-electron chi connectivity index (χ3n) is 2.24. The van der Waals surface area contributed by atoms with Gasteiger partial charge in [0.1, 0.15) is 12.4 Å². The summed E-state index contributed by atoms with van der Waals surface area (Å²) in [4.78, 5) is 11.6. The summed E-state index contributed by atoms with van der Waals surface area (Å²) in [6.07, 6.45) is 1.77. The second-order valence-corrected chi connectivity index (χ2v) is 4.01. The molecular weight excluding hydrogens is 240 g/mol. The lowest BCUT2D eigenvalue weighted by atomic mass is 10.3. The van der Waals surface area contributed by atoms with Crippen molar-refractivity contribution in [1.29, 1.82) is 0 Å². The van der Waals surface area contributed by atoms with Crippen molar-refractivity contribution in [3.8, 4) is 0 Å². The Morgan fingerprint density at radius 3 is 3.06 bits per heavy atom. The molecule has 0 bridgehead atoms. The number of methoxy groups -OCH3 is 1. The molecule has 1 aromatic heterocycles. The van der Waals surface area contributed by atoms with Gasteiger partial charge in [-0.15, -0.1) is 0 Å². The van der Waals surface area contributed by atoms with Gasteiger partial charge in [0, 0.05) is 20.1 Å². The van der Waals surface area contributed by atoms with E-state index in [4.69, 9.17) is 17.0 Å². The number of aryl methyl sites for hydroxylation is 1. The van der Waals surface area contributed by atoms with Crippen molar-refractivity contribution < 1.29 is 9.53 Å². The highest BCUT2D eigenvalue weighted by Crippen LogP contribution is 2.01. The molecule has 1 rings (SSSR count). The Labute approximate surface area is 105 Å². The van der Waals surface area contributed by atoms with Crippen molar-refractivity contribution in [3.05, 3.63) is 10.6 Å². The molecule has 96 valence electrons. The van der Waals surface area contributed by atoms with Crippen molar-refractivity contribution in [2.75, 3.05) is 20.3 Å². The Kier molecular flexibility index (Phi) is 5.85. The zero-order valence-electron chi connectivity index (χ0n) is 10.2. The maximum atomic E-state index is 11.6. The van der Waals surface area contributed by atoms with Gasteiger partial charge in [-0.05, 0) is 18.6 Å². The van der Waals surface area contributed by atoms with Crippen LogP contribution in [0.25, 0.3) is 0 Å². The number of nitrogens with one attached hydrogen (secondary N) is 2. The lowest BCUT2D eigenvalue weighted by molar-refractivity contribution is -0.121. The minimum atomic E-state index is -0.0862. The Balaban J connectivity index is 2.57. The average Bonchev–Trinajstić information content (AvgIpc) is 2.62. The molecule has 0 fully saturated rings. The normalized spacial score (nSPS) is 10.5. The molecule has 0 unspecified atom stereocenters. The molecule has 1 aromatic rings. The van der Waals surface area contributed by atoms with Crippen LogP contribution in [0.4, 0.5) is 0 Å². The molecule has 0 radical (unpaired) electrons. The number of ether oxygens (including phenoxy) is 1. The molecule has 6 nitrogen and oxygen atoms in total. The van der Waals surface area contributed by atoms with Crippen LogP contribution in [0, 0.1) is 4.77 Å². The van der Waals surface area contributed by atoms with Gasteiger partial charge in [0.2, 0.25) is 5.91 Å². The van der Waals surface area contributed by atoms with E-state index in [-0.39, 0.29) is 12.5 Å². The Hall–Kier alpha value is -1.21. The summed E-state index contributed by atoms with van der Waals surface area (Å²) in [5.41, 5.74) is 0. The van der Waals surface area contributed by atoms with Gasteiger partial charge in [0.25, 0.3) is 0 Å². The van der Waals surface area contributed by atoms with Crippen LogP contribution in [-0.2, 0) is 22.5 Å². The molecule has 0 aromatic carbocycles. The summed E-state index contributed by atoms with van der Waals surface area (Å²) in [6.45, 7) is 3.27. The van der Waals surface area contributed by atoms with Gasteiger partial charge in [-0.1, -0.05) is 6.92 Å². The van der Waals surface area contributed by atoms with Crippen LogP contribution in [0.2, 0.25) is 0 Å². The first-order valence-corrected chi connectivity index (χ1v) is 5.99. The number of hydrogen-bond acceptors (Lipinski definition) is 4. The van der Waals surface area contributed by atoms with E-state index in [1.807, 2.05) is 0 Å². The number of amides is 1. The van der Waals surface area contributed by atoms with Crippen LogP contribution in [0.15, 0.2) is 0 Å². The van der Waals surface area contributed by atoms with Gasteiger partial charge in [-0.3, -0.25) is 14.5 Å². The van der Waals surface area contributed by atoms with Crippen molar-refractivity contribution in [2.45, 2.75) is 26.3 Å². The third kappa shape index (κ3) is 4.27. The molecule has 17 heavy (non-hydrogen) atoms. The smallest absolute Gasteiger partial charge is 0.240 e. The van der Waals surface area contributed by atoms with Crippen LogP contribution in [0.1, 0.15) is 19.2 Å². The number of aromatic amines is 1. The van der Waals surface area contributed by atoms with Crippen molar-refractivity contribution in [1.82, 2.24) is 20.1 Å². The molecular formula is C10H18N4O2S. The van der Waals surface area contributed by atoms with E-state index in [2.05, 4.69) is 22.4 Å². The number of aromatic nitrogens is 3. The van der Waals surface area contributed by atoms with Crippen LogP contribution in [-0.4, -0.2) is 40.9 Å². The lowest BCUT2D eigenvalue weighted by Crippen LogP contribution is -2.30. The van der Waals surface area contributed by atoms with Crippen molar-refractivity contribution in [3.63, 3.8) is 0 Å². The second kappa shape index (κ2) is 7.18. The van der Waals surface area contributed by atoms with Gasteiger partial charge in [0.15, 0.2) is 4.77 Å². The summed E-state index contributed by atoms with van der Waals surface area (Å²) in [5, 5.41) is 9.55. The Morgan fingerprint density at radius 1 is 1.65 bits per heavy atom. The number of rotatable bonds is 7. The molecule has 0 saturated heterocycles. The maximum Gasteiger partial charge on any atom is 0.240 e. The van der Waals surface area contributed by atoms with Crippen LogP contribution in [0.3, 0.4) is 0 Å². The van der Waals surface area contributed by atoms with Gasteiger partial charge in [-0.2, -0.15) is 5.10 Å². The summed E-state index contributed by atoms with van der Waals surface area (Å²) in [7, 11) is 1.59. The minimum Gasteiger partial charge on any atom is -0.383 e. The zero-order valence-corrected chi connectivity index (χ0v) is 11.0. The van der Waals surface area contributed by atoms with Gasteiger partial charge < -0.3 is 10.1 Å². The van der Waals surface area contributed by atoms with E-state index in [9.17, 15) is 4.79 Å². The van der Waals surface area contributed by atoms with E-state index in [0.29, 0.717) is 17.9 Å². The Morgan fingerprint density at radius 2 is 2.41 bits per heavy atom. The largest absolute Gasteiger partial charge is 0.383 e. The predicted molar refractivity (Wildman–Crippen MR) is 66.3 cm³/mol. The molecule has 1 heterocycles. The molecule has 0 aliphatic carbocycles. The third-order valence-corrected chi connectivity index (χ3v) is 2.55. The minimum absolute atomic E-state index is 0.0862. The van der Waals surface area contributed by atoms with E-state index in [1.54, 1.807) is 11.7 Å². The first kappa shape index (κ1) is 13.9. The van der Waals surface area contributed by atoms with Crippen molar-refractivity contribution in [2.24, 2.45) is 0 Å². The fourth-order valence-electron chi connectivity index (χ4n) is 1.42. The lowest BCUT2D eigenvalue weighted by Gasteiger charge is -2.07. The summed E-state index contributed by atoms with van der Waals surface area (Å²) < 4.78 is 7.06. The monoisotopic (exact) mass is 258 g/mol. The highest BCUT2D eigenvalue weighted by Gasteiger charge is 2.09. The first-order chi connectivity index (χ1) is 8.19. The topological polar surface area (TPSA) is 71.9 Å². The molecule has 7 heteroatoms. The fraction of sp³-hybridized carbons (Fsp3) is 0.700. The number of nitrogens with zero attached hydrogens (tertiary/aromatic N) is 2. The van der Waals surface area contributed by atoms with Gasteiger partial charge in [-0.25, -0.2) is 0 Å². The molecule has 2 N–H and O–H groups in total. The van der Waals surface area contributed by atoms with Crippen LogP contribution in [0.5, 0.6) is 0 Å². The van der Waals surface area contributed by atoms with Gasteiger partial charge >= 0.3 is 0 Å². The Bertz CT molecular complexity index is 413. The quantitative estimate of drug-likeness (QED) is 0.556. The molecule has 0 aliphatic rings. The summed E-state index contributed by atoms with van der Waals surface area (Å²) in [6, 6.07) is 0. The number of carbonyl (C=O) groups is 1. The van der Waals surface area contributed by atoms with E-state index < -0.39 is 0 Å². The first-order valence-electron chi connectivity index (χ1n) is 5.58. The molecule has 0 aliphatic heterocycles. The predicted octanol–water partition coefficient (Wildman–Crippen LogP) is 0.656. The standard InChI is InChI=1S/C10H18N4O2S/c1-3-4-8-12-13-10(17)14(8)7-9(15)11-5-6-16-2/h3-7H2,1-2H3,(H,11,15)(H,13,17). The SMILES string of the molecule is CCCc1n[nH]c(=S)n1CC(=O)NCCOC. The second-order valence-electron chi connectivity index (χ2n) is 3.62. The van der Waals surface area contributed by atoms with E-state index in [0.717, 1.165) is 18.7 Å². The van der Waals surface area contributed by atoms with Crippen LogP contribution < -0.4 is 5.32 Å². The molecule has 0 atom stereocenters. The van der Waals surface area contributed by atoms with E-state index >= 15 is 0 Å². The maximum absolute atomic E-state index is 11.6. The average molecular weight is 258 g/mol. The summed E-state index contributed by atoms with van der Waals surface area (Å²) >= 11 is 5.08. The molecule has 0 saturated carbocycles. The summed E-state index contributed by atoms with van der Waals surface area (Å²) in [5.74, 6) is 0.733. The number of H-pyrrole nitrogens is 1. The van der Waals surface area contributed by atoms with Gasteiger partial charge in [0.05, 0.1) is 6.61 Å². The zero-order chi connectivity index (χ0) is 12.7. The molecule has 1 amide bonds. The highest BCUT2D eigenvalue weighted by molar-refractivity contribution is 7.71. The number of hydrogen-bond donors (Lipinski definition) is 2. The molecule has 0 spiro atoms. The van der Waals surface area contributed by atoms with Crippen molar-refractivity contribution >= 4 is 18.1 Å². The van der Waals surface area contributed by atoms with Crippen LogP contribution >= 0.6 is 12.2 Å². The number of carbonyl (C=O) groups excluding carboxylic acids is 1. The van der Waals surface area contributed by atoms with E-state index in [1.165, 1.54) is 0 Å².